The van der Waals surface area contributed by atoms with Gasteiger partial charge in [0.2, 0.25) is 0 Å². The molecule has 1 heterocycles. The van der Waals surface area contributed by atoms with Crippen molar-refractivity contribution in [1.29, 1.82) is 0 Å². The van der Waals surface area contributed by atoms with E-state index in [1.807, 2.05) is 6.92 Å². The molecule has 0 unspecified atom stereocenters. The first-order valence-corrected chi connectivity index (χ1v) is 4.99. The van der Waals surface area contributed by atoms with Crippen LogP contribution in [-0.4, -0.2) is 0 Å². The van der Waals surface area contributed by atoms with Crippen LogP contribution in [0.25, 0.3) is 0 Å². The van der Waals surface area contributed by atoms with Crippen LogP contribution in [0.2, 0.25) is 0 Å². The maximum absolute atomic E-state index is 12.5. The Balaban J connectivity index is 2.50. The minimum Gasteiger partial charge on any atom is -0.166 e. The fourth-order valence-electron chi connectivity index (χ4n) is 1.55. The Morgan fingerprint density at radius 1 is 1.29 bits per heavy atom. The molecule has 0 aromatic heterocycles. The maximum Gasteiger partial charge on any atom is 0.417 e. The second kappa shape index (κ2) is 3.19. The zero-order valence-corrected chi connectivity index (χ0v) is 8.30. The predicted octanol–water partition coefficient (Wildman–Crippen LogP) is 3.91. The van der Waals surface area contributed by atoms with Crippen LogP contribution in [0.3, 0.4) is 0 Å². The molecule has 1 aromatic rings. The first-order valence-electron chi connectivity index (χ1n) is 4.18. The summed E-state index contributed by atoms with van der Waals surface area (Å²) >= 11 is 1.24. The van der Waals surface area contributed by atoms with E-state index in [4.69, 9.17) is 0 Å². The number of hydrogen-bond donors (Lipinski definition) is 0. The van der Waals surface area contributed by atoms with Crippen LogP contribution in [0.1, 0.15) is 18.1 Å². The molecule has 2 rings (SSSR count). The second-order valence-corrected chi connectivity index (χ2v) is 4.58. The molecule has 0 atom stereocenters. The standard InChI is InChI=1S/C10H8F3S/c1-6-5-7-3-2-4-8(9(7)14-6)10(11,12)13/h2-4H,5H2,1H3. The van der Waals surface area contributed by atoms with Crippen LogP contribution in [-0.2, 0) is 12.6 Å². The van der Waals surface area contributed by atoms with E-state index in [0.29, 0.717) is 11.3 Å². The summed E-state index contributed by atoms with van der Waals surface area (Å²) in [5, 5.41) is 1.02. The number of benzene rings is 1. The van der Waals surface area contributed by atoms with Gasteiger partial charge in [0.1, 0.15) is 0 Å². The Labute approximate surface area is 84.5 Å². The number of thioether (sulfide) groups is 1. The summed E-state index contributed by atoms with van der Waals surface area (Å²) in [6, 6.07) is 4.37. The third kappa shape index (κ3) is 1.63. The third-order valence-electron chi connectivity index (χ3n) is 2.12. The molecule has 0 nitrogen and oxygen atoms in total. The molecular weight excluding hydrogens is 209 g/mol. The maximum atomic E-state index is 12.5. The van der Waals surface area contributed by atoms with E-state index < -0.39 is 11.7 Å². The van der Waals surface area contributed by atoms with Crippen LogP contribution in [0.5, 0.6) is 0 Å². The number of halogens is 3. The van der Waals surface area contributed by atoms with Crippen molar-refractivity contribution < 1.29 is 13.2 Å². The summed E-state index contributed by atoms with van der Waals surface area (Å²) < 4.78 is 37.6. The normalized spacial score (nSPS) is 17.1. The summed E-state index contributed by atoms with van der Waals surface area (Å²) in [6.45, 7) is 1.87. The van der Waals surface area contributed by atoms with Gasteiger partial charge in [-0.25, -0.2) is 0 Å². The third-order valence-corrected chi connectivity index (χ3v) is 3.30. The topological polar surface area (TPSA) is 0 Å². The molecule has 1 aromatic carbocycles. The van der Waals surface area contributed by atoms with Gasteiger partial charge in [-0.1, -0.05) is 12.1 Å². The molecular formula is C10H8F3S. The van der Waals surface area contributed by atoms with Gasteiger partial charge in [0.05, 0.1) is 5.56 Å². The zero-order valence-electron chi connectivity index (χ0n) is 7.48. The molecule has 0 N–H and O–H groups in total. The molecule has 14 heavy (non-hydrogen) atoms. The number of alkyl halides is 3. The largest absolute Gasteiger partial charge is 0.417 e. The Morgan fingerprint density at radius 2 is 2.00 bits per heavy atom. The van der Waals surface area contributed by atoms with Crippen molar-refractivity contribution in [3.63, 3.8) is 0 Å². The van der Waals surface area contributed by atoms with E-state index in [9.17, 15) is 13.2 Å². The van der Waals surface area contributed by atoms with E-state index >= 15 is 0 Å². The van der Waals surface area contributed by atoms with Gasteiger partial charge in [0.25, 0.3) is 0 Å². The highest BCUT2D eigenvalue weighted by atomic mass is 32.2. The lowest BCUT2D eigenvalue weighted by atomic mass is 10.1. The lowest BCUT2D eigenvalue weighted by Crippen LogP contribution is -2.06. The highest BCUT2D eigenvalue weighted by Crippen LogP contribution is 2.47. The summed E-state index contributed by atoms with van der Waals surface area (Å²) in [5.41, 5.74) is 0.291. The fraction of sp³-hybridized carbons (Fsp3) is 0.300. The van der Waals surface area contributed by atoms with Crippen molar-refractivity contribution in [2.45, 2.75) is 24.4 Å². The van der Waals surface area contributed by atoms with Crippen molar-refractivity contribution in [3.05, 3.63) is 34.6 Å². The molecule has 0 saturated carbocycles. The number of fused-ring (bicyclic) bond motifs is 1. The second-order valence-electron chi connectivity index (χ2n) is 3.27. The minimum atomic E-state index is -4.23. The summed E-state index contributed by atoms with van der Waals surface area (Å²) in [4.78, 5) is 0.387. The van der Waals surface area contributed by atoms with Crippen molar-refractivity contribution in [3.8, 4) is 0 Å². The predicted molar refractivity (Wildman–Crippen MR) is 49.9 cm³/mol. The highest BCUT2D eigenvalue weighted by Gasteiger charge is 2.36. The Hall–Kier alpha value is -0.640. The first-order chi connectivity index (χ1) is 6.48. The number of rotatable bonds is 0. The van der Waals surface area contributed by atoms with Gasteiger partial charge in [-0.05, 0) is 25.0 Å². The molecule has 0 fully saturated rings. The van der Waals surface area contributed by atoms with Crippen LogP contribution in [0.4, 0.5) is 13.2 Å². The average Bonchev–Trinajstić information content (AvgIpc) is 2.41. The van der Waals surface area contributed by atoms with Crippen LogP contribution in [0.15, 0.2) is 23.1 Å². The van der Waals surface area contributed by atoms with Crippen molar-refractivity contribution in [1.82, 2.24) is 0 Å². The van der Waals surface area contributed by atoms with Gasteiger partial charge in [-0.3, -0.25) is 0 Å². The van der Waals surface area contributed by atoms with Gasteiger partial charge >= 0.3 is 6.18 Å². The lowest BCUT2D eigenvalue weighted by Gasteiger charge is -2.10. The molecule has 1 aliphatic rings. The molecule has 1 radical (unpaired) electrons. The molecule has 75 valence electrons. The van der Waals surface area contributed by atoms with Gasteiger partial charge in [-0.2, -0.15) is 13.2 Å². The molecule has 0 saturated heterocycles. The van der Waals surface area contributed by atoms with Gasteiger partial charge < -0.3 is 0 Å². The quantitative estimate of drug-likeness (QED) is 0.635. The summed E-state index contributed by atoms with van der Waals surface area (Å²) in [6.07, 6.45) is -3.58. The summed E-state index contributed by atoms with van der Waals surface area (Å²) in [5.74, 6) is 0. The smallest absolute Gasteiger partial charge is 0.166 e. The Bertz CT molecular complexity index is 357. The monoisotopic (exact) mass is 217 g/mol. The molecule has 0 bridgehead atoms. The Morgan fingerprint density at radius 3 is 2.64 bits per heavy atom. The molecule has 0 spiro atoms. The van der Waals surface area contributed by atoms with E-state index in [1.165, 1.54) is 17.8 Å². The molecule has 1 aliphatic heterocycles. The Kier molecular flexibility index (Phi) is 2.26. The van der Waals surface area contributed by atoms with Crippen molar-refractivity contribution >= 4 is 11.8 Å². The summed E-state index contributed by atoms with van der Waals surface area (Å²) in [7, 11) is 0. The average molecular weight is 217 g/mol. The van der Waals surface area contributed by atoms with E-state index in [2.05, 4.69) is 0 Å². The van der Waals surface area contributed by atoms with E-state index in [1.54, 1.807) is 6.07 Å². The van der Waals surface area contributed by atoms with E-state index in [-0.39, 0.29) is 0 Å². The SMILES string of the molecule is C[C]1Cc2cccc(C(F)(F)F)c2S1. The number of hydrogen-bond acceptors (Lipinski definition) is 1. The van der Waals surface area contributed by atoms with Crippen LogP contribution in [0, 0.1) is 5.25 Å². The van der Waals surface area contributed by atoms with Gasteiger partial charge in [0, 0.05) is 10.1 Å². The van der Waals surface area contributed by atoms with Gasteiger partial charge in [0.15, 0.2) is 0 Å². The van der Waals surface area contributed by atoms with Gasteiger partial charge in [-0.15, -0.1) is 11.8 Å². The van der Waals surface area contributed by atoms with E-state index in [0.717, 1.165) is 16.9 Å². The molecule has 0 aliphatic carbocycles. The van der Waals surface area contributed by atoms with Crippen LogP contribution >= 0.6 is 11.8 Å². The molecule has 4 heteroatoms. The van der Waals surface area contributed by atoms with Crippen LogP contribution < -0.4 is 0 Å². The minimum absolute atomic E-state index is 0.387. The van der Waals surface area contributed by atoms with Crippen molar-refractivity contribution in [2.75, 3.05) is 0 Å². The molecule has 0 amide bonds. The fourth-order valence-corrected chi connectivity index (χ4v) is 2.69. The highest BCUT2D eigenvalue weighted by molar-refractivity contribution is 8.02. The zero-order chi connectivity index (χ0) is 10.3. The van der Waals surface area contributed by atoms with Crippen molar-refractivity contribution in [2.24, 2.45) is 0 Å². The first kappa shape index (κ1) is 9.90. The lowest BCUT2D eigenvalue weighted by molar-refractivity contribution is -0.139.